The van der Waals surface area contributed by atoms with Gasteiger partial charge in [-0.25, -0.2) is 0 Å². The predicted molar refractivity (Wildman–Crippen MR) is 144 cm³/mol. The number of benzene rings is 2. The minimum atomic E-state index is 0.0238. The molecule has 1 heterocycles. The second-order valence-electron chi connectivity index (χ2n) is 10.5. The first-order chi connectivity index (χ1) is 16.9. The van der Waals surface area contributed by atoms with Crippen LogP contribution >= 0.6 is 0 Å². The van der Waals surface area contributed by atoms with Crippen LogP contribution in [0.15, 0.2) is 36.4 Å². The molecule has 1 aliphatic heterocycles. The van der Waals surface area contributed by atoms with Crippen LogP contribution in [0.5, 0.6) is 0 Å². The van der Waals surface area contributed by atoms with Crippen LogP contribution in [-0.2, 0) is 11.3 Å². The van der Waals surface area contributed by atoms with E-state index in [2.05, 4.69) is 72.5 Å². The molecule has 0 spiro atoms. The maximum absolute atomic E-state index is 13.4. The first-order valence-corrected chi connectivity index (χ1v) is 13.1. The lowest BCUT2D eigenvalue weighted by atomic mass is 9.95. The van der Waals surface area contributed by atoms with Crippen molar-refractivity contribution in [1.82, 2.24) is 10.2 Å². The van der Waals surface area contributed by atoms with Crippen LogP contribution < -0.4 is 16.0 Å². The number of nitrogens with one attached hydrogen (secondary N) is 1. The van der Waals surface area contributed by atoms with E-state index in [4.69, 9.17) is 10.5 Å². The van der Waals surface area contributed by atoms with Gasteiger partial charge in [0.2, 0.25) is 0 Å². The molecule has 6 heteroatoms. The van der Waals surface area contributed by atoms with Crippen LogP contribution in [0.2, 0.25) is 0 Å². The highest BCUT2D eigenvalue weighted by molar-refractivity contribution is 5.99. The summed E-state index contributed by atoms with van der Waals surface area (Å²) in [5.41, 5.74) is 12.2. The molecule has 3 N–H and O–H groups in total. The molecule has 1 saturated heterocycles. The molecule has 190 valence electrons. The summed E-state index contributed by atoms with van der Waals surface area (Å²) >= 11 is 0. The number of rotatable bonds is 11. The van der Waals surface area contributed by atoms with Gasteiger partial charge >= 0.3 is 0 Å². The standard InChI is InChI=1S/C29H42N4O2/c1-21-27(29(34)31-18-22-9-13-35-14-10-22)16-26(17-28(21)33(3)20-23-7-8-23)25-6-4-5-24(15-25)19-32(2)12-11-30/h4-6,15-17,22-23H,7-14,18-20,30H2,1-3H3,(H,31,34). The van der Waals surface area contributed by atoms with E-state index in [9.17, 15) is 4.79 Å². The molecule has 4 rings (SSSR count). The van der Waals surface area contributed by atoms with Crippen LogP contribution in [0.1, 0.15) is 47.2 Å². The zero-order valence-corrected chi connectivity index (χ0v) is 21.7. The van der Waals surface area contributed by atoms with Crippen LogP contribution in [0.3, 0.4) is 0 Å². The highest BCUT2D eigenvalue weighted by Crippen LogP contribution is 2.35. The highest BCUT2D eigenvalue weighted by Gasteiger charge is 2.25. The molecule has 0 bridgehead atoms. The van der Waals surface area contributed by atoms with Crippen LogP contribution in [-0.4, -0.2) is 64.3 Å². The topological polar surface area (TPSA) is 70.8 Å². The second kappa shape index (κ2) is 12.0. The molecule has 2 fully saturated rings. The van der Waals surface area contributed by atoms with E-state index in [1.165, 1.54) is 18.4 Å². The lowest BCUT2D eigenvalue weighted by Crippen LogP contribution is -2.33. The Hall–Kier alpha value is -2.41. The van der Waals surface area contributed by atoms with Crippen molar-refractivity contribution < 1.29 is 9.53 Å². The number of amides is 1. The molecule has 0 aromatic heterocycles. The number of hydrogen-bond donors (Lipinski definition) is 2. The van der Waals surface area contributed by atoms with Crippen molar-refractivity contribution >= 4 is 11.6 Å². The molecule has 1 amide bonds. The molecular weight excluding hydrogens is 436 g/mol. The van der Waals surface area contributed by atoms with E-state index in [0.717, 1.165) is 79.5 Å². The molecule has 2 aromatic rings. The lowest BCUT2D eigenvalue weighted by Gasteiger charge is -2.25. The molecule has 35 heavy (non-hydrogen) atoms. The van der Waals surface area contributed by atoms with Crippen LogP contribution in [0.4, 0.5) is 5.69 Å². The lowest BCUT2D eigenvalue weighted by molar-refractivity contribution is 0.0642. The normalized spacial score (nSPS) is 16.5. The quantitative estimate of drug-likeness (QED) is 0.510. The number of ether oxygens (including phenoxy) is 1. The van der Waals surface area contributed by atoms with Gasteiger partial charge in [0, 0.05) is 64.2 Å². The van der Waals surface area contributed by atoms with Crippen molar-refractivity contribution in [2.45, 2.75) is 39.2 Å². The van der Waals surface area contributed by atoms with Crippen molar-refractivity contribution in [2.24, 2.45) is 17.6 Å². The van der Waals surface area contributed by atoms with Crippen molar-refractivity contribution in [2.75, 3.05) is 58.4 Å². The highest BCUT2D eigenvalue weighted by atomic mass is 16.5. The van der Waals surface area contributed by atoms with Gasteiger partial charge < -0.3 is 25.6 Å². The minimum Gasteiger partial charge on any atom is -0.381 e. The van der Waals surface area contributed by atoms with Crippen molar-refractivity contribution in [1.29, 1.82) is 0 Å². The number of likely N-dealkylation sites (N-methyl/N-ethyl adjacent to an activating group) is 1. The first-order valence-electron chi connectivity index (χ1n) is 13.1. The molecule has 0 radical (unpaired) electrons. The third-order valence-electron chi connectivity index (χ3n) is 7.38. The van der Waals surface area contributed by atoms with Gasteiger partial charge in [0.15, 0.2) is 0 Å². The number of nitrogens with two attached hydrogens (primary N) is 1. The van der Waals surface area contributed by atoms with E-state index in [1.54, 1.807) is 0 Å². The van der Waals surface area contributed by atoms with Crippen LogP contribution in [0.25, 0.3) is 11.1 Å². The molecule has 2 aliphatic rings. The van der Waals surface area contributed by atoms with E-state index in [-0.39, 0.29) is 5.91 Å². The second-order valence-corrected chi connectivity index (χ2v) is 10.5. The van der Waals surface area contributed by atoms with E-state index in [0.29, 0.717) is 19.0 Å². The number of carbonyl (C=O) groups is 1. The average Bonchev–Trinajstić information content (AvgIpc) is 3.67. The molecule has 6 nitrogen and oxygen atoms in total. The Morgan fingerprint density at radius 1 is 1.06 bits per heavy atom. The summed E-state index contributed by atoms with van der Waals surface area (Å²) < 4.78 is 5.47. The van der Waals surface area contributed by atoms with E-state index in [1.807, 2.05) is 0 Å². The first kappa shape index (κ1) is 25.7. The molecule has 0 unspecified atom stereocenters. The van der Waals surface area contributed by atoms with Crippen molar-refractivity contribution in [3.8, 4) is 11.1 Å². The van der Waals surface area contributed by atoms with Crippen molar-refractivity contribution in [3.05, 3.63) is 53.1 Å². The fourth-order valence-corrected chi connectivity index (χ4v) is 5.03. The number of carbonyl (C=O) groups excluding carboxylic acids is 1. The average molecular weight is 479 g/mol. The van der Waals surface area contributed by atoms with Gasteiger partial charge in [-0.3, -0.25) is 4.79 Å². The predicted octanol–water partition coefficient (Wildman–Crippen LogP) is 4.06. The summed E-state index contributed by atoms with van der Waals surface area (Å²) in [6, 6.07) is 13.0. The number of nitrogens with zero attached hydrogens (tertiary/aromatic N) is 2. The number of anilines is 1. The Labute approximate surface area is 210 Å². The van der Waals surface area contributed by atoms with Gasteiger partial charge in [0.1, 0.15) is 0 Å². The zero-order valence-electron chi connectivity index (χ0n) is 21.7. The van der Waals surface area contributed by atoms with Gasteiger partial charge in [0.25, 0.3) is 5.91 Å². The van der Waals surface area contributed by atoms with Gasteiger partial charge in [-0.05, 0) is 91.9 Å². The maximum Gasteiger partial charge on any atom is 0.251 e. The fourth-order valence-electron chi connectivity index (χ4n) is 5.03. The number of hydrogen-bond acceptors (Lipinski definition) is 5. The SMILES string of the molecule is Cc1c(C(=O)NCC2CCOCC2)cc(-c2cccc(CN(C)CCN)c2)cc1N(C)CC1CC1. The van der Waals surface area contributed by atoms with Gasteiger partial charge in [0.05, 0.1) is 0 Å². The smallest absolute Gasteiger partial charge is 0.251 e. The van der Waals surface area contributed by atoms with Crippen LogP contribution in [0, 0.1) is 18.8 Å². The largest absolute Gasteiger partial charge is 0.381 e. The fraction of sp³-hybridized carbons (Fsp3) is 0.552. The summed E-state index contributed by atoms with van der Waals surface area (Å²) in [6.45, 7) is 7.79. The molecular formula is C29H42N4O2. The molecule has 1 saturated carbocycles. The summed E-state index contributed by atoms with van der Waals surface area (Å²) in [7, 11) is 4.25. The molecule has 2 aromatic carbocycles. The monoisotopic (exact) mass is 478 g/mol. The molecule has 0 atom stereocenters. The Morgan fingerprint density at radius 3 is 2.54 bits per heavy atom. The molecule has 1 aliphatic carbocycles. The summed E-state index contributed by atoms with van der Waals surface area (Å²) in [4.78, 5) is 18.0. The summed E-state index contributed by atoms with van der Waals surface area (Å²) in [5, 5.41) is 3.23. The van der Waals surface area contributed by atoms with Gasteiger partial charge in [-0.15, -0.1) is 0 Å². The zero-order chi connectivity index (χ0) is 24.8. The van der Waals surface area contributed by atoms with Gasteiger partial charge in [-0.1, -0.05) is 18.2 Å². The van der Waals surface area contributed by atoms with E-state index >= 15 is 0 Å². The summed E-state index contributed by atoms with van der Waals surface area (Å²) in [5.74, 6) is 1.29. The van der Waals surface area contributed by atoms with Gasteiger partial charge in [-0.2, -0.15) is 0 Å². The maximum atomic E-state index is 13.4. The minimum absolute atomic E-state index is 0.0238. The summed E-state index contributed by atoms with van der Waals surface area (Å²) in [6.07, 6.45) is 4.64. The Morgan fingerprint density at radius 2 is 1.83 bits per heavy atom. The Kier molecular flexibility index (Phi) is 8.82. The van der Waals surface area contributed by atoms with E-state index < -0.39 is 0 Å². The Balaban J connectivity index is 1.61. The third kappa shape index (κ3) is 7.06. The Bertz CT molecular complexity index is 998. The van der Waals surface area contributed by atoms with Crippen molar-refractivity contribution in [3.63, 3.8) is 0 Å². The third-order valence-corrected chi connectivity index (χ3v) is 7.38.